The van der Waals surface area contributed by atoms with Crippen LogP contribution in [0.2, 0.25) is 0 Å². The molecule has 1 atom stereocenters. The van der Waals surface area contributed by atoms with Crippen molar-refractivity contribution in [1.29, 1.82) is 0 Å². The Morgan fingerprint density at radius 2 is 2.31 bits per heavy atom. The first-order chi connectivity index (χ1) is 6.27. The summed E-state index contributed by atoms with van der Waals surface area (Å²) < 4.78 is 13.1. The molecule has 13 heavy (non-hydrogen) atoms. The predicted molar refractivity (Wildman–Crippen MR) is 48.8 cm³/mol. The molecular formula is C11H13FO. The summed E-state index contributed by atoms with van der Waals surface area (Å²) in [6.45, 7) is 0. The molecule has 0 aliphatic heterocycles. The van der Waals surface area contributed by atoms with Crippen molar-refractivity contribution < 1.29 is 9.18 Å². The van der Waals surface area contributed by atoms with E-state index >= 15 is 0 Å². The Labute approximate surface area is 77.3 Å². The SMILES string of the molecule is O=C(CC1CC=CC=C1F)C1CC1. The summed E-state index contributed by atoms with van der Waals surface area (Å²) in [5.74, 6) is 0.220. The van der Waals surface area contributed by atoms with Crippen molar-refractivity contribution in [2.75, 3.05) is 0 Å². The quantitative estimate of drug-likeness (QED) is 0.652. The van der Waals surface area contributed by atoms with E-state index in [1.807, 2.05) is 6.08 Å². The molecule has 70 valence electrons. The van der Waals surface area contributed by atoms with Crippen LogP contribution in [-0.4, -0.2) is 5.78 Å². The zero-order valence-electron chi connectivity index (χ0n) is 7.50. The van der Waals surface area contributed by atoms with Crippen LogP contribution in [-0.2, 0) is 4.79 Å². The predicted octanol–water partition coefficient (Wildman–Crippen LogP) is 2.79. The summed E-state index contributed by atoms with van der Waals surface area (Å²) >= 11 is 0. The Balaban J connectivity index is 1.90. The van der Waals surface area contributed by atoms with E-state index in [0.717, 1.165) is 12.8 Å². The first-order valence-corrected chi connectivity index (χ1v) is 4.82. The molecule has 0 heterocycles. The van der Waals surface area contributed by atoms with E-state index in [2.05, 4.69) is 0 Å². The van der Waals surface area contributed by atoms with Crippen LogP contribution in [0.3, 0.4) is 0 Å². The summed E-state index contributed by atoms with van der Waals surface area (Å²) in [7, 11) is 0. The monoisotopic (exact) mass is 180 g/mol. The number of allylic oxidation sites excluding steroid dienone is 4. The van der Waals surface area contributed by atoms with Crippen LogP contribution >= 0.6 is 0 Å². The normalized spacial score (nSPS) is 27.2. The van der Waals surface area contributed by atoms with E-state index in [1.165, 1.54) is 6.08 Å². The van der Waals surface area contributed by atoms with Gasteiger partial charge < -0.3 is 0 Å². The lowest BCUT2D eigenvalue weighted by Crippen LogP contribution is -2.11. The maximum Gasteiger partial charge on any atom is 0.136 e. The number of hydrogen-bond acceptors (Lipinski definition) is 1. The summed E-state index contributed by atoms with van der Waals surface area (Å²) in [6, 6.07) is 0. The van der Waals surface area contributed by atoms with Gasteiger partial charge in [-0.1, -0.05) is 12.2 Å². The lowest BCUT2D eigenvalue weighted by Gasteiger charge is -2.14. The number of carbonyl (C=O) groups excluding carboxylic acids is 1. The average Bonchev–Trinajstić information content (AvgIpc) is 2.91. The lowest BCUT2D eigenvalue weighted by atomic mass is 9.93. The van der Waals surface area contributed by atoms with E-state index in [1.54, 1.807) is 6.08 Å². The molecule has 0 N–H and O–H groups in total. The molecule has 0 amide bonds. The topological polar surface area (TPSA) is 17.1 Å². The highest BCUT2D eigenvalue weighted by atomic mass is 19.1. The minimum Gasteiger partial charge on any atom is -0.299 e. The van der Waals surface area contributed by atoms with E-state index in [-0.39, 0.29) is 23.4 Å². The van der Waals surface area contributed by atoms with Gasteiger partial charge in [-0.05, 0) is 25.3 Å². The van der Waals surface area contributed by atoms with Gasteiger partial charge in [-0.3, -0.25) is 4.79 Å². The molecular weight excluding hydrogens is 167 g/mol. The molecule has 0 radical (unpaired) electrons. The molecule has 0 aromatic heterocycles. The molecule has 2 aliphatic rings. The van der Waals surface area contributed by atoms with E-state index in [0.29, 0.717) is 12.8 Å². The zero-order valence-corrected chi connectivity index (χ0v) is 7.50. The lowest BCUT2D eigenvalue weighted by molar-refractivity contribution is -0.121. The summed E-state index contributed by atoms with van der Waals surface area (Å²) in [5, 5.41) is 0. The van der Waals surface area contributed by atoms with E-state index in [4.69, 9.17) is 0 Å². The fraction of sp³-hybridized carbons (Fsp3) is 0.545. The molecule has 0 saturated heterocycles. The van der Waals surface area contributed by atoms with Crippen molar-refractivity contribution >= 4 is 5.78 Å². The fourth-order valence-corrected chi connectivity index (χ4v) is 1.65. The van der Waals surface area contributed by atoms with Gasteiger partial charge in [0.1, 0.15) is 11.6 Å². The molecule has 2 rings (SSSR count). The van der Waals surface area contributed by atoms with Crippen molar-refractivity contribution in [2.45, 2.75) is 25.7 Å². The van der Waals surface area contributed by atoms with E-state index < -0.39 is 0 Å². The maximum absolute atomic E-state index is 13.1. The molecule has 1 nitrogen and oxygen atoms in total. The second-order valence-corrected chi connectivity index (χ2v) is 3.86. The molecule has 1 unspecified atom stereocenters. The Morgan fingerprint density at radius 3 is 2.92 bits per heavy atom. The third-order valence-corrected chi connectivity index (χ3v) is 2.68. The summed E-state index contributed by atoms with van der Waals surface area (Å²) in [4.78, 5) is 11.4. The van der Waals surface area contributed by atoms with Crippen molar-refractivity contribution in [3.8, 4) is 0 Å². The standard InChI is InChI=1S/C11H13FO/c12-10-4-2-1-3-9(10)7-11(13)8-5-6-8/h1-2,4,8-9H,3,5-7H2. The van der Waals surface area contributed by atoms with Crippen LogP contribution in [0, 0.1) is 11.8 Å². The van der Waals surface area contributed by atoms with Gasteiger partial charge in [0.05, 0.1) is 0 Å². The van der Waals surface area contributed by atoms with Gasteiger partial charge in [-0.15, -0.1) is 0 Å². The first-order valence-electron chi connectivity index (χ1n) is 4.82. The van der Waals surface area contributed by atoms with Crippen LogP contribution < -0.4 is 0 Å². The fourth-order valence-electron chi connectivity index (χ4n) is 1.65. The number of rotatable bonds is 3. The van der Waals surface area contributed by atoms with Gasteiger partial charge in [0.25, 0.3) is 0 Å². The maximum atomic E-state index is 13.1. The van der Waals surface area contributed by atoms with Crippen molar-refractivity contribution in [3.63, 3.8) is 0 Å². The highest BCUT2D eigenvalue weighted by molar-refractivity contribution is 5.83. The van der Waals surface area contributed by atoms with Crippen molar-refractivity contribution in [1.82, 2.24) is 0 Å². The smallest absolute Gasteiger partial charge is 0.136 e. The Morgan fingerprint density at radius 1 is 1.54 bits per heavy atom. The number of hydrogen-bond donors (Lipinski definition) is 0. The highest BCUT2D eigenvalue weighted by Gasteiger charge is 2.31. The van der Waals surface area contributed by atoms with Gasteiger partial charge in [0.15, 0.2) is 0 Å². The molecule has 2 heteroatoms. The number of ketones is 1. The summed E-state index contributed by atoms with van der Waals surface area (Å²) in [5.41, 5.74) is 0. The summed E-state index contributed by atoms with van der Waals surface area (Å²) in [6.07, 6.45) is 8.23. The minimum atomic E-state index is -0.168. The van der Waals surface area contributed by atoms with Crippen LogP contribution in [0.5, 0.6) is 0 Å². The van der Waals surface area contributed by atoms with Gasteiger partial charge in [0.2, 0.25) is 0 Å². The van der Waals surface area contributed by atoms with Gasteiger partial charge in [-0.25, -0.2) is 4.39 Å². The van der Waals surface area contributed by atoms with E-state index in [9.17, 15) is 9.18 Å². The molecule has 0 aromatic rings. The van der Waals surface area contributed by atoms with Crippen LogP contribution in [0.15, 0.2) is 24.1 Å². The molecule has 0 spiro atoms. The minimum absolute atomic E-state index is 0.128. The Hall–Kier alpha value is -0.920. The van der Waals surface area contributed by atoms with Gasteiger partial charge in [-0.2, -0.15) is 0 Å². The highest BCUT2D eigenvalue weighted by Crippen LogP contribution is 2.34. The average molecular weight is 180 g/mol. The largest absolute Gasteiger partial charge is 0.299 e. The number of halogens is 1. The van der Waals surface area contributed by atoms with Crippen LogP contribution in [0.1, 0.15) is 25.7 Å². The third kappa shape index (κ3) is 2.06. The van der Waals surface area contributed by atoms with Gasteiger partial charge >= 0.3 is 0 Å². The molecule has 1 saturated carbocycles. The second kappa shape index (κ2) is 3.44. The molecule has 0 bridgehead atoms. The first kappa shape index (κ1) is 8.67. The second-order valence-electron chi connectivity index (χ2n) is 3.86. The van der Waals surface area contributed by atoms with Crippen LogP contribution in [0.4, 0.5) is 4.39 Å². The molecule has 1 fully saturated rings. The van der Waals surface area contributed by atoms with Crippen LogP contribution in [0.25, 0.3) is 0 Å². The Kier molecular flexibility index (Phi) is 2.30. The van der Waals surface area contributed by atoms with Gasteiger partial charge in [0, 0.05) is 18.3 Å². The van der Waals surface area contributed by atoms with Crippen molar-refractivity contribution in [2.24, 2.45) is 11.8 Å². The Bertz CT molecular complexity index is 274. The molecule has 2 aliphatic carbocycles. The zero-order chi connectivity index (χ0) is 9.26. The van der Waals surface area contributed by atoms with Crippen molar-refractivity contribution in [3.05, 3.63) is 24.1 Å². The molecule has 0 aromatic carbocycles. The third-order valence-electron chi connectivity index (χ3n) is 2.68. The number of Topliss-reactive ketones (excluding diaryl/α,β-unsaturated/α-hetero) is 1. The number of carbonyl (C=O) groups is 1.